The van der Waals surface area contributed by atoms with Crippen molar-refractivity contribution in [1.82, 2.24) is 14.5 Å². The number of carbonyl (C=O) groups is 1. The molecule has 5 nitrogen and oxygen atoms in total. The largest absolute Gasteiger partial charge is 0.326 e. The second kappa shape index (κ2) is 9.16. The van der Waals surface area contributed by atoms with Gasteiger partial charge in [-0.3, -0.25) is 14.3 Å². The van der Waals surface area contributed by atoms with Crippen LogP contribution in [0.5, 0.6) is 0 Å². The van der Waals surface area contributed by atoms with Gasteiger partial charge in [0.15, 0.2) is 0 Å². The molecule has 4 aromatic rings. The van der Waals surface area contributed by atoms with Gasteiger partial charge in [-0.1, -0.05) is 24.3 Å². The van der Waals surface area contributed by atoms with Crippen molar-refractivity contribution in [2.24, 2.45) is 5.92 Å². The van der Waals surface area contributed by atoms with Crippen LogP contribution in [0, 0.1) is 18.7 Å². The Morgan fingerprint density at radius 2 is 1.91 bits per heavy atom. The summed E-state index contributed by atoms with van der Waals surface area (Å²) in [5.41, 5.74) is 4.74. The van der Waals surface area contributed by atoms with E-state index in [1.54, 1.807) is 12.1 Å². The Kier molecular flexibility index (Phi) is 5.92. The number of piperidine rings is 1. The van der Waals surface area contributed by atoms with Gasteiger partial charge >= 0.3 is 0 Å². The lowest BCUT2D eigenvalue weighted by Gasteiger charge is -2.31. The van der Waals surface area contributed by atoms with Gasteiger partial charge in [-0.25, -0.2) is 9.37 Å². The van der Waals surface area contributed by atoms with Gasteiger partial charge in [0.25, 0.3) is 0 Å². The van der Waals surface area contributed by atoms with Crippen molar-refractivity contribution in [3.8, 4) is 5.69 Å². The number of carbonyl (C=O) groups excluding carboxylic acids is 1. The molecule has 1 aliphatic heterocycles. The van der Waals surface area contributed by atoms with E-state index < -0.39 is 0 Å². The Morgan fingerprint density at radius 3 is 2.73 bits per heavy atom. The fourth-order valence-electron chi connectivity index (χ4n) is 4.64. The van der Waals surface area contributed by atoms with Crippen LogP contribution >= 0.6 is 0 Å². The lowest BCUT2D eigenvalue weighted by Crippen LogP contribution is -2.40. The summed E-state index contributed by atoms with van der Waals surface area (Å²) in [4.78, 5) is 20.1. The number of aryl methyl sites for hydroxylation is 1. The van der Waals surface area contributed by atoms with Gasteiger partial charge in [-0.2, -0.15) is 0 Å². The predicted octanol–water partition coefficient (Wildman–Crippen LogP) is 5.32. The van der Waals surface area contributed by atoms with Crippen LogP contribution < -0.4 is 5.32 Å². The summed E-state index contributed by atoms with van der Waals surface area (Å²) < 4.78 is 15.6. The highest BCUT2D eigenvalue weighted by atomic mass is 19.1. The molecule has 1 saturated heterocycles. The Labute approximate surface area is 192 Å². The topological polar surface area (TPSA) is 50.2 Å². The monoisotopic (exact) mass is 442 g/mol. The number of hydrogen-bond donors (Lipinski definition) is 1. The Bertz CT molecular complexity index is 1280. The van der Waals surface area contributed by atoms with Crippen LogP contribution in [0.25, 0.3) is 16.7 Å². The first kappa shape index (κ1) is 21.3. The van der Waals surface area contributed by atoms with Gasteiger partial charge in [0.2, 0.25) is 5.91 Å². The lowest BCUT2D eigenvalue weighted by atomic mass is 9.97. The first-order valence-corrected chi connectivity index (χ1v) is 11.4. The van der Waals surface area contributed by atoms with E-state index in [1.807, 2.05) is 55.5 Å². The number of para-hydroxylation sites is 2. The van der Waals surface area contributed by atoms with Crippen LogP contribution in [0.15, 0.2) is 72.8 Å². The quantitative estimate of drug-likeness (QED) is 0.455. The van der Waals surface area contributed by atoms with E-state index >= 15 is 0 Å². The molecule has 1 aromatic heterocycles. The highest BCUT2D eigenvalue weighted by Gasteiger charge is 2.27. The lowest BCUT2D eigenvalue weighted by molar-refractivity contribution is -0.121. The van der Waals surface area contributed by atoms with Crippen LogP contribution in [-0.2, 0) is 11.3 Å². The molecule has 0 spiro atoms. The smallest absolute Gasteiger partial charge is 0.228 e. The van der Waals surface area contributed by atoms with Crippen LogP contribution in [0.3, 0.4) is 0 Å². The van der Waals surface area contributed by atoms with Crippen molar-refractivity contribution in [3.05, 3.63) is 90.0 Å². The molecule has 0 unspecified atom stereocenters. The van der Waals surface area contributed by atoms with Crippen molar-refractivity contribution < 1.29 is 9.18 Å². The number of nitrogens with zero attached hydrogens (tertiary/aromatic N) is 3. The molecule has 0 bridgehead atoms. The molecule has 1 fully saturated rings. The number of rotatable bonds is 5. The van der Waals surface area contributed by atoms with Gasteiger partial charge in [0, 0.05) is 17.9 Å². The zero-order valence-electron chi connectivity index (χ0n) is 18.7. The van der Waals surface area contributed by atoms with Gasteiger partial charge in [-0.15, -0.1) is 0 Å². The van der Waals surface area contributed by atoms with E-state index in [2.05, 4.69) is 14.8 Å². The number of halogens is 1. The van der Waals surface area contributed by atoms with E-state index in [4.69, 9.17) is 4.98 Å². The highest BCUT2D eigenvalue weighted by molar-refractivity contribution is 5.92. The first-order valence-electron chi connectivity index (χ1n) is 11.4. The third kappa shape index (κ3) is 4.66. The molecule has 6 heteroatoms. The number of benzene rings is 3. The van der Waals surface area contributed by atoms with Crippen LogP contribution in [-0.4, -0.2) is 33.4 Å². The Morgan fingerprint density at radius 1 is 1.09 bits per heavy atom. The SMILES string of the molecule is Cc1cccc(NC(=O)[C@@H]2CCCN(Cc3nc4ccccc4n3-c3ccc(F)cc3)C2)c1. The van der Waals surface area contributed by atoms with Gasteiger partial charge < -0.3 is 5.32 Å². The number of amides is 1. The zero-order chi connectivity index (χ0) is 22.8. The fourth-order valence-corrected chi connectivity index (χ4v) is 4.64. The standard InChI is InChI=1S/C27H27FN4O/c1-19-6-4-8-22(16-19)29-27(33)20-7-5-15-31(17-20)18-26-30-24-9-2-3-10-25(24)32(26)23-13-11-21(28)12-14-23/h2-4,6,8-14,16,20H,5,7,15,17-18H2,1H3,(H,29,33)/t20-/m1/s1. The predicted molar refractivity (Wildman–Crippen MR) is 129 cm³/mol. The van der Waals surface area contributed by atoms with Crippen molar-refractivity contribution >= 4 is 22.6 Å². The average Bonchev–Trinajstić information content (AvgIpc) is 3.17. The molecule has 2 heterocycles. The molecule has 1 atom stereocenters. The number of aromatic nitrogens is 2. The fraction of sp³-hybridized carbons (Fsp3) is 0.259. The van der Waals surface area contributed by atoms with Crippen molar-refractivity contribution in [2.75, 3.05) is 18.4 Å². The summed E-state index contributed by atoms with van der Waals surface area (Å²) >= 11 is 0. The maximum absolute atomic E-state index is 13.5. The molecular formula is C27H27FN4O. The van der Waals surface area contributed by atoms with Crippen LogP contribution in [0.2, 0.25) is 0 Å². The molecule has 1 aliphatic rings. The highest BCUT2D eigenvalue weighted by Crippen LogP contribution is 2.25. The number of fused-ring (bicyclic) bond motifs is 1. The minimum Gasteiger partial charge on any atom is -0.326 e. The summed E-state index contributed by atoms with van der Waals surface area (Å²) in [5.74, 6) is 0.631. The van der Waals surface area contributed by atoms with Gasteiger partial charge in [0.05, 0.1) is 23.5 Å². The molecule has 0 saturated carbocycles. The second-order valence-electron chi connectivity index (χ2n) is 8.76. The summed E-state index contributed by atoms with van der Waals surface area (Å²) in [6.45, 7) is 4.25. The summed E-state index contributed by atoms with van der Waals surface area (Å²) in [6.07, 6.45) is 1.84. The van der Waals surface area contributed by atoms with E-state index in [-0.39, 0.29) is 17.6 Å². The normalized spacial score (nSPS) is 16.7. The van der Waals surface area contributed by atoms with Crippen molar-refractivity contribution in [3.63, 3.8) is 0 Å². The molecule has 168 valence electrons. The van der Waals surface area contributed by atoms with Crippen molar-refractivity contribution in [1.29, 1.82) is 0 Å². The third-order valence-electron chi connectivity index (χ3n) is 6.24. The summed E-state index contributed by atoms with van der Waals surface area (Å²) in [7, 11) is 0. The number of anilines is 1. The Hall–Kier alpha value is -3.51. The minimum absolute atomic E-state index is 0.0667. The number of nitrogens with one attached hydrogen (secondary N) is 1. The van der Waals surface area contributed by atoms with Crippen LogP contribution in [0.4, 0.5) is 10.1 Å². The van der Waals surface area contributed by atoms with E-state index in [9.17, 15) is 9.18 Å². The maximum Gasteiger partial charge on any atom is 0.228 e. The average molecular weight is 443 g/mol. The van der Waals surface area contributed by atoms with E-state index in [0.717, 1.165) is 53.2 Å². The van der Waals surface area contributed by atoms with E-state index in [0.29, 0.717) is 13.1 Å². The zero-order valence-corrected chi connectivity index (χ0v) is 18.7. The molecule has 1 N–H and O–H groups in total. The summed E-state index contributed by atoms with van der Waals surface area (Å²) in [6, 6.07) is 22.4. The number of likely N-dealkylation sites (tertiary alicyclic amines) is 1. The molecular weight excluding hydrogens is 415 g/mol. The molecule has 3 aromatic carbocycles. The van der Waals surface area contributed by atoms with Crippen molar-refractivity contribution in [2.45, 2.75) is 26.3 Å². The van der Waals surface area contributed by atoms with Crippen LogP contribution in [0.1, 0.15) is 24.2 Å². The molecule has 5 rings (SSSR count). The number of imidazole rings is 1. The second-order valence-corrected chi connectivity index (χ2v) is 8.76. The molecule has 1 amide bonds. The van der Waals surface area contributed by atoms with E-state index in [1.165, 1.54) is 12.1 Å². The minimum atomic E-state index is -0.261. The number of hydrogen-bond acceptors (Lipinski definition) is 3. The van der Waals surface area contributed by atoms with Gasteiger partial charge in [-0.05, 0) is 80.4 Å². The molecule has 0 aliphatic carbocycles. The van der Waals surface area contributed by atoms with Gasteiger partial charge in [0.1, 0.15) is 11.6 Å². The Balaban J connectivity index is 1.36. The first-order chi connectivity index (χ1) is 16.1. The molecule has 33 heavy (non-hydrogen) atoms. The molecule has 0 radical (unpaired) electrons. The summed E-state index contributed by atoms with van der Waals surface area (Å²) in [5, 5.41) is 3.08. The third-order valence-corrected chi connectivity index (χ3v) is 6.24. The maximum atomic E-state index is 13.5.